The smallest absolute Gasteiger partial charge is 0.273 e. The standard InChI is InChI=1S/C30H29N5O4/c1-34-27(14-17-31-34)30(39)33-24-10-4-21(5-11-24)28(37)20-2-8-23(9-3-20)32-29(38)22-6-12-25(13-7-22)35-18-15-26(36)16-19-35/h2-14,17,26,36H,15-16,18-19H2,1H3,(H,32,38)(H,33,39). The van der Waals surface area contributed by atoms with Gasteiger partial charge in [-0.3, -0.25) is 19.1 Å². The Labute approximate surface area is 226 Å². The summed E-state index contributed by atoms with van der Waals surface area (Å²) in [5.41, 5.74) is 4.11. The fourth-order valence-corrected chi connectivity index (χ4v) is 4.52. The zero-order chi connectivity index (χ0) is 27.4. The minimum absolute atomic E-state index is 0.168. The maximum atomic E-state index is 12.9. The van der Waals surface area contributed by atoms with Crippen LogP contribution in [0.25, 0.3) is 0 Å². The van der Waals surface area contributed by atoms with Gasteiger partial charge in [0.1, 0.15) is 5.69 Å². The molecule has 0 radical (unpaired) electrons. The van der Waals surface area contributed by atoms with Crippen LogP contribution in [0, 0.1) is 0 Å². The Bertz CT molecular complexity index is 1470. The van der Waals surface area contributed by atoms with Gasteiger partial charge in [-0.2, -0.15) is 5.10 Å². The Morgan fingerprint density at radius 3 is 1.77 bits per heavy atom. The van der Waals surface area contributed by atoms with Gasteiger partial charge < -0.3 is 20.6 Å². The molecule has 1 aliphatic rings. The van der Waals surface area contributed by atoms with Crippen LogP contribution in [0.5, 0.6) is 0 Å². The van der Waals surface area contributed by atoms with Crippen LogP contribution in [0.1, 0.15) is 49.6 Å². The number of carbonyl (C=O) groups is 3. The van der Waals surface area contributed by atoms with E-state index in [4.69, 9.17) is 0 Å². The number of aromatic nitrogens is 2. The van der Waals surface area contributed by atoms with Gasteiger partial charge in [-0.1, -0.05) is 0 Å². The van der Waals surface area contributed by atoms with Crippen molar-refractivity contribution in [3.05, 3.63) is 107 Å². The highest BCUT2D eigenvalue weighted by Crippen LogP contribution is 2.22. The number of rotatable bonds is 7. The van der Waals surface area contributed by atoms with E-state index < -0.39 is 0 Å². The van der Waals surface area contributed by atoms with Crippen molar-refractivity contribution < 1.29 is 19.5 Å². The van der Waals surface area contributed by atoms with Crippen molar-refractivity contribution in [1.82, 2.24) is 9.78 Å². The molecule has 0 spiro atoms. The van der Waals surface area contributed by atoms with Crippen LogP contribution in [0.4, 0.5) is 17.1 Å². The molecule has 198 valence electrons. The van der Waals surface area contributed by atoms with Crippen molar-refractivity contribution in [2.24, 2.45) is 7.05 Å². The fourth-order valence-electron chi connectivity index (χ4n) is 4.52. The van der Waals surface area contributed by atoms with Crippen molar-refractivity contribution in [2.45, 2.75) is 18.9 Å². The summed E-state index contributed by atoms with van der Waals surface area (Å²) in [5, 5.41) is 19.3. The summed E-state index contributed by atoms with van der Waals surface area (Å²) < 4.78 is 1.48. The van der Waals surface area contributed by atoms with E-state index in [-0.39, 0.29) is 23.7 Å². The zero-order valence-electron chi connectivity index (χ0n) is 21.5. The highest BCUT2D eigenvalue weighted by Gasteiger charge is 2.18. The molecule has 2 amide bonds. The Kier molecular flexibility index (Phi) is 7.51. The van der Waals surface area contributed by atoms with Gasteiger partial charge in [-0.15, -0.1) is 0 Å². The number of hydrogen-bond donors (Lipinski definition) is 3. The van der Waals surface area contributed by atoms with E-state index in [1.165, 1.54) is 4.68 Å². The molecule has 4 aromatic rings. The molecular weight excluding hydrogens is 494 g/mol. The molecule has 5 rings (SSSR count). The van der Waals surface area contributed by atoms with Crippen LogP contribution >= 0.6 is 0 Å². The summed E-state index contributed by atoms with van der Waals surface area (Å²) in [6, 6.07) is 22.4. The minimum Gasteiger partial charge on any atom is -0.393 e. The van der Waals surface area contributed by atoms with Gasteiger partial charge in [0, 0.05) is 60.1 Å². The molecule has 0 bridgehead atoms. The third-order valence-corrected chi connectivity index (χ3v) is 6.82. The molecule has 0 saturated carbocycles. The number of carbonyl (C=O) groups excluding carboxylic acids is 3. The monoisotopic (exact) mass is 523 g/mol. The summed E-state index contributed by atoms with van der Waals surface area (Å²) in [6.07, 6.45) is 2.81. The lowest BCUT2D eigenvalue weighted by molar-refractivity contribution is 0.101. The van der Waals surface area contributed by atoms with E-state index >= 15 is 0 Å². The molecule has 2 heterocycles. The van der Waals surface area contributed by atoms with Gasteiger partial charge in [0.15, 0.2) is 5.78 Å². The van der Waals surface area contributed by atoms with E-state index in [0.717, 1.165) is 31.6 Å². The average Bonchev–Trinajstić information content (AvgIpc) is 3.40. The van der Waals surface area contributed by atoms with E-state index in [1.807, 2.05) is 12.1 Å². The molecule has 9 heteroatoms. The number of anilines is 3. The van der Waals surface area contributed by atoms with Crippen molar-refractivity contribution in [2.75, 3.05) is 28.6 Å². The number of aryl methyl sites for hydroxylation is 1. The third-order valence-electron chi connectivity index (χ3n) is 6.82. The lowest BCUT2D eigenvalue weighted by Crippen LogP contribution is -2.35. The average molecular weight is 524 g/mol. The van der Waals surface area contributed by atoms with Crippen molar-refractivity contribution in [1.29, 1.82) is 0 Å². The van der Waals surface area contributed by atoms with Gasteiger partial charge in [-0.25, -0.2) is 0 Å². The molecule has 9 nitrogen and oxygen atoms in total. The Hall–Kier alpha value is -4.76. The molecule has 3 N–H and O–H groups in total. The first kappa shape index (κ1) is 25.9. The molecule has 0 atom stereocenters. The summed E-state index contributed by atoms with van der Waals surface area (Å²) in [4.78, 5) is 40.2. The Morgan fingerprint density at radius 2 is 1.26 bits per heavy atom. The molecule has 0 aliphatic carbocycles. The highest BCUT2D eigenvalue weighted by atomic mass is 16.3. The maximum absolute atomic E-state index is 12.9. The van der Waals surface area contributed by atoms with Gasteiger partial charge in [0.2, 0.25) is 0 Å². The largest absolute Gasteiger partial charge is 0.393 e. The number of benzene rings is 3. The molecular formula is C30H29N5O4. The summed E-state index contributed by atoms with van der Waals surface area (Å²) in [7, 11) is 1.69. The molecule has 1 aliphatic heterocycles. The van der Waals surface area contributed by atoms with Crippen LogP contribution in [-0.4, -0.2) is 51.7 Å². The topological polar surface area (TPSA) is 117 Å². The number of piperidine rings is 1. The van der Waals surface area contributed by atoms with Crippen molar-refractivity contribution in [3.63, 3.8) is 0 Å². The van der Waals surface area contributed by atoms with Gasteiger partial charge in [0.05, 0.1) is 6.10 Å². The maximum Gasteiger partial charge on any atom is 0.273 e. The van der Waals surface area contributed by atoms with Crippen LogP contribution in [-0.2, 0) is 7.05 Å². The first-order valence-corrected chi connectivity index (χ1v) is 12.8. The number of aliphatic hydroxyl groups is 1. The highest BCUT2D eigenvalue weighted by molar-refractivity contribution is 6.10. The molecule has 0 unspecified atom stereocenters. The summed E-state index contributed by atoms with van der Waals surface area (Å²) >= 11 is 0. The van der Waals surface area contributed by atoms with E-state index in [9.17, 15) is 19.5 Å². The number of nitrogens with zero attached hydrogens (tertiary/aromatic N) is 3. The first-order valence-electron chi connectivity index (χ1n) is 12.8. The van der Waals surface area contributed by atoms with Crippen LogP contribution in [0.2, 0.25) is 0 Å². The Balaban J connectivity index is 1.17. The molecule has 1 aromatic heterocycles. The number of ketones is 1. The van der Waals surface area contributed by atoms with Crippen LogP contribution in [0.15, 0.2) is 85.1 Å². The quantitative estimate of drug-likeness (QED) is 0.314. The normalized spacial score (nSPS) is 13.6. The predicted molar refractivity (Wildman–Crippen MR) is 149 cm³/mol. The van der Waals surface area contributed by atoms with Gasteiger partial charge in [-0.05, 0) is 91.7 Å². The molecule has 1 saturated heterocycles. The second kappa shape index (κ2) is 11.3. The number of nitrogens with one attached hydrogen (secondary N) is 2. The SMILES string of the molecule is Cn1nccc1C(=O)Nc1ccc(C(=O)c2ccc(NC(=O)c3ccc(N4CCC(O)CC4)cc3)cc2)cc1. The summed E-state index contributed by atoms with van der Waals surface area (Å²) in [6.45, 7) is 1.59. The van der Waals surface area contributed by atoms with Gasteiger partial charge >= 0.3 is 0 Å². The lowest BCUT2D eigenvalue weighted by Gasteiger charge is -2.31. The molecule has 1 fully saturated rings. The fraction of sp³-hybridized carbons (Fsp3) is 0.200. The lowest BCUT2D eigenvalue weighted by atomic mass is 10.0. The first-order chi connectivity index (χ1) is 18.9. The molecule has 3 aromatic carbocycles. The van der Waals surface area contributed by atoms with Gasteiger partial charge in [0.25, 0.3) is 11.8 Å². The second-order valence-corrected chi connectivity index (χ2v) is 9.50. The predicted octanol–water partition coefficient (Wildman–Crippen LogP) is 4.12. The third kappa shape index (κ3) is 6.05. The van der Waals surface area contributed by atoms with Crippen molar-refractivity contribution >= 4 is 34.7 Å². The van der Waals surface area contributed by atoms with E-state index in [1.54, 1.807) is 80.0 Å². The number of aliphatic hydroxyl groups excluding tert-OH is 1. The van der Waals surface area contributed by atoms with Crippen LogP contribution in [0.3, 0.4) is 0 Å². The second-order valence-electron chi connectivity index (χ2n) is 9.50. The zero-order valence-corrected chi connectivity index (χ0v) is 21.5. The van der Waals surface area contributed by atoms with E-state index in [0.29, 0.717) is 33.8 Å². The number of hydrogen-bond acceptors (Lipinski definition) is 6. The number of amides is 2. The minimum atomic E-state index is -0.287. The van der Waals surface area contributed by atoms with Crippen LogP contribution < -0.4 is 15.5 Å². The van der Waals surface area contributed by atoms with E-state index in [2.05, 4.69) is 20.6 Å². The molecule has 39 heavy (non-hydrogen) atoms. The Morgan fingerprint density at radius 1 is 0.744 bits per heavy atom. The summed E-state index contributed by atoms with van der Waals surface area (Å²) in [5.74, 6) is -0.693. The van der Waals surface area contributed by atoms with Crippen molar-refractivity contribution in [3.8, 4) is 0 Å².